The first-order valence-electron chi connectivity index (χ1n) is 11.4. The van der Waals surface area contributed by atoms with E-state index in [0.717, 1.165) is 58.5 Å². The quantitative estimate of drug-likeness (QED) is 0.463. The molecule has 0 aliphatic carbocycles. The molecule has 1 saturated heterocycles. The zero-order valence-electron chi connectivity index (χ0n) is 19.0. The average Bonchev–Trinajstić information content (AvgIpc) is 2.82. The molecule has 0 bridgehead atoms. The molecular weight excluding hydrogens is 462 g/mol. The number of aryl methyl sites for hydroxylation is 1. The topological polar surface area (TPSA) is 87.7 Å². The normalized spacial score (nSPS) is 14.7. The van der Waals surface area contributed by atoms with E-state index in [4.69, 9.17) is 16.3 Å². The number of amides is 1. The van der Waals surface area contributed by atoms with Crippen molar-refractivity contribution in [2.45, 2.75) is 37.5 Å². The fraction of sp³-hybridized carbons (Fsp3) is 0.458. The van der Waals surface area contributed by atoms with E-state index < -0.39 is 10.0 Å². The molecule has 0 spiro atoms. The lowest BCUT2D eigenvalue weighted by atomic mass is 10.1. The smallest absolute Gasteiger partial charge is 0.261 e. The summed E-state index contributed by atoms with van der Waals surface area (Å²) in [6, 6.07) is 11.5. The van der Waals surface area contributed by atoms with Gasteiger partial charge in [0.05, 0.1) is 28.7 Å². The number of carbonyl (C=O) groups excluding carboxylic acids is 1. The summed E-state index contributed by atoms with van der Waals surface area (Å²) >= 11 is 6.20. The van der Waals surface area contributed by atoms with E-state index in [1.165, 1.54) is 23.8 Å². The summed E-state index contributed by atoms with van der Waals surface area (Å²) in [7, 11) is -3.86. The number of rotatable bonds is 11. The number of carbonyl (C=O) groups is 1. The van der Waals surface area contributed by atoms with Gasteiger partial charge in [0.15, 0.2) is 0 Å². The summed E-state index contributed by atoms with van der Waals surface area (Å²) in [5.41, 5.74) is 1.78. The molecule has 2 aromatic carbocycles. The molecule has 1 amide bonds. The number of halogens is 1. The summed E-state index contributed by atoms with van der Waals surface area (Å²) in [6.45, 7) is 6.75. The van der Waals surface area contributed by atoms with Crippen molar-refractivity contribution >= 4 is 33.2 Å². The molecule has 9 heteroatoms. The Morgan fingerprint density at radius 3 is 2.52 bits per heavy atom. The highest BCUT2D eigenvalue weighted by atomic mass is 35.5. The van der Waals surface area contributed by atoms with Crippen LogP contribution in [0.1, 0.15) is 42.1 Å². The minimum absolute atomic E-state index is 0.0135. The van der Waals surface area contributed by atoms with Gasteiger partial charge in [0.2, 0.25) is 0 Å². The second-order valence-corrected chi connectivity index (χ2v) is 10.2. The molecule has 1 fully saturated rings. The first kappa shape index (κ1) is 25.5. The van der Waals surface area contributed by atoms with E-state index in [0.29, 0.717) is 12.2 Å². The third kappa shape index (κ3) is 7.71. The molecular formula is C24H32ClN3O4S. The van der Waals surface area contributed by atoms with Crippen molar-refractivity contribution in [1.82, 2.24) is 10.2 Å². The van der Waals surface area contributed by atoms with Crippen LogP contribution in [0.15, 0.2) is 47.4 Å². The van der Waals surface area contributed by atoms with Crippen molar-refractivity contribution in [2.24, 2.45) is 0 Å². The molecule has 33 heavy (non-hydrogen) atoms. The third-order valence-corrected chi connectivity index (χ3v) is 7.27. The van der Waals surface area contributed by atoms with E-state index in [1.807, 2.05) is 12.1 Å². The number of unbranched alkanes of at least 4 members (excludes halogenated alkanes) is 1. The van der Waals surface area contributed by atoms with E-state index in [2.05, 4.69) is 21.9 Å². The van der Waals surface area contributed by atoms with Crippen LogP contribution in [0, 0.1) is 0 Å². The summed E-state index contributed by atoms with van der Waals surface area (Å²) in [5, 5.41) is 3.04. The van der Waals surface area contributed by atoms with Crippen LogP contribution in [0.5, 0.6) is 0 Å². The SMILES string of the molecule is CCCCc1ccc(NS(=O)(=O)c2ccc(Cl)c(C(=O)NCCCN3CCOCC3)c2)cc1. The molecule has 1 aliphatic heterocycles. The summed E-state index contributed by atoms with van der Waals surface area (Å²) in [6.07, 6.45) is 3.95. The van der Waals surface area contributed by atoms with Crippen molar-refractivity contribution in [3.63, 3.8) is 0 Å². The van der Waals surface area contributed by atoms with E-state index >= 15 is 0 Å². The fourth-order valence-corrected chi connectivity index (χ4v) is 4.89. The Labute approximate surface area is 201 Å². The van der Waals surface area contributed by atoms with Crippen LogP contribution in [-0.2, 0) is 21.2 Å². The van der Waals surface area contributed by atoms with Crippen molar-refractivity contribution in [3.05, 3.63) is 58.6 Å². The minimum Gasteiger partial charge on any atom is -0.379 e. The molecule has 7 nitrogen and oxygen atoms in total. The highest BCUT2D eigenvalue weighted by Gasteiger charge is 2.19. The number of nitrogens with zero attached hydrogens (tertiary/aromatic N) is 1. The van der Waals surface area contributed by atoms with Crippen LogP contribution >= 0.6 is 11.6 Å². The fourth-order valence-electron chi connectivity index (χ4n) is 3.60. The number of hydrogen-bond acceptors (Lipinski definition) is 5. The van der Waals surface area contributed by atoms with Gasteiger partial charge >= 0.3 is 0 Å². The Balaban J connectivity index is 1.59. The van der Waals surface area contributed by atoms with Crippen LogP contribution < -0.4 is 10.0 Å². The molecule has 0 atom stereocenters. The third-order valence-electron chi connectivity index (χ3n) is 5.56. The number of benzene rings is 2. The Hall–Kier alpha value is -2.13. The van der Waals surface area contributed by atoms with Crippen molar-refractivity contribution in [3.8, 4) is 0 Å². The predicted molar refractivity (Wildman–Crippen MR) is 132 cm³/mol. The maximum absolute atomic E-state index is 12.9. The zero-order chi connectivity index (χ0) is 23.7. The number of anilines is 1. The Morgan fingerprint density at radius 2 is 1.82 bits per heavy atom. The van der Waals surface area contributed by atoms with Gasteiger partial charge in [0.25, 0.3) is 15.9 Å². The summed E-state index contributed by atoms with van der Waals surface area (Å²) < 4.78 is 33.7. The standard InChI is InChI=1S/C24H32ClN3O4S/c1-2-3-5-19-6-8-20(9-7-19)27-33(30,31)21-10-11-23(25)22(18-21)24(29)26-12-4-13-28-14-16-32-17-15-28/h6-11,18,27H,2-5,12-17H2,1H3,(H,26,29). The molecule has 1 aliphatic rings. The van der Waals surface area contributed by atoms with Gasteiger partial charge in [0, 0.05) is 25.3 Å². The number of ether oxygens (including phenoxy) is 1. The van der Waals surface area contributed by atoms with Gasteiger partial charge in [0.1, 0.15) is 0 Å². The van der Waals surface area contributed by atoms with Crippen molar-refractivity contribution < 1.29 is 17.9 Å². The van der Waals surface area contributed by atoms with Gasteiger partial charge in [-0.2, -0.15) is 0 Å². The van der Waals surface area contributed by atoms with Crippen molar-refractivity contribution in [2.75, 3.05) is 44.1 Å². The Bertz CT molecular complexity index is 1020. The molecule has 0 saturated carbocycles. The van der Waals surface area contributed by atoms with Gasteiger partial charge < -0.3 is 10.1 Å². The lowest BCUT2D eigenvalue weighted by Gasteiger charge is -2.26. The van der Waals surface area contributed by atoms with Gasteiger partial charge in [-0.05, 0) is 61.7 Å². The van der Waals surface area contributed by atoms with Crippen LogP contribution in [0.2, 0.25) is 5.02 Å². The molecule has 3 rings (SSSR count). The minimum atomic E-state index is -3.86. The van der Waals surface area contributed by atoms with Crippen LogP contribution in [-0.4, -0.2) is 58.6 Å². The number of morpholine rings is 1. The number of sulfonamides is 1. The Kier molecular flexibility index (Phi) is 9.55. The first-order chi connectivity index (χ1) is 15.9. The van der Waals surface area contributed by atoms with Gasteiger partial charge in [-0.15, -0.1) is 0 Å². The van der Waals surface area contributed by atoms with Gasteiger partial charge in [-0.3, -0.25) is 14.4 Å². The van der Waals surface area contributed by atoms with Crippen LogP contribution in [0.3, 0.4) is 0 Å². The highest BCUT2D eigenvalue weighted by Crippen LogP contribution is 2.23. The molecule has 2 N–H and O–H groups in total. The second-order valence-electron chi connectivity index (χ2n) is 8.11. The van der Waals surface area contributed by atoms with Gasteiger partial charge in [-0.1, -0.05) is 37.1 Å². The largest absolute Gasteiger partial charge is 0.379 e. The maximum Gasteiger partial charge on any atom is 0.261 e. The molecule has 0 unspecified atom stereocenters. The molecule has 0 radical (unpaired) electrons. The van der Waals surface area contributed by atoms with Crippen molar-refractivity contribution in [1.29, 1.82) is 0 Å². The molecule has 2 aromatic rings. The highest BCUT2D eigenvalue weighted by molar-refractivity contribution is 7.92. The number of nitrogens with one attached hydrogen (secondary N) is 2. The molecule has 1 heterocycles. The van der Waals surface area contributed by atoms with E-state index in [9.17, 15) is 13.2 Å². The van der Waals surface area contributed by atoms with E-state index in [-0.39, 0.29) is 21.4 Å². The molecule has 180 valence electrons. The monoisotopic (exact) mass is 493 g/mol. The predicted octanol–water partition coefficient (Wildman–Crippen LogP) is 3.94. The van der Waals surface area contributed by atoms with Crippen LogP contribution in [0.4, 0.5) is 5.69 Å². The average molecular weight is 494 g/mol. The first-order valence-corrected chi connectivity index (χ1v) is 13.2. The van der Waals surface area contributed by atoms with Crippen LogP contribution in [0.25, 0.3) is 0 Å². The zero-order valence-corrected chi connectivity index (χ0v) is 20.6. The lowest BCUT2D eigenvalue weighted by molar-refractivity contribution is 0.0374. The Morgan fingerprint density at radius 1 is 1.09 bits per heavy atom. The number of hydrogen-bond donors (Lipinski definition) is 2. The van der Waals surface area contributed by atoms with E-state index in [1.54, 1.807) is 12.1 Å². The van der Waals surface area contributed by atoms with Gasteiger partial charge in [-0.25, -0.2) is 8.42 Å². The lowest BCUT2D eigenvalue weighted by Crippen LogP contribution is -2.38. The maximum atomic E-state index is 12.9. The second kappa shape index (κ2) is 12.4. The summed E-state index contributed by atoms with van der Waals surface area (Å²) in [4.78, 5) is 14.9. The molecule has 0 aromatic heterocycles. The summed E-state index contributed by atoms with van der Waals surface area (Å²) in [5.74, 6) is -0.390.